The summed E-state index contributed by atoms with van der Waals surface area (Å²) in [7, 11) is -10.0. The molecule has 3 N–H and O–H groups in total. The number of aromatic hydroxyl groups is 1. The Bertz CT molecular complexity index is 2430. The van der Waals surface area contributed by atoms with Gasteiger partial charge >= 0.3 is 59.1 Å². The van der Waals surface area contributed by atoms with Crippen molar-refractivity contribution in [3.8, 4) is 5.75 Å². The van der Waals surface area contributed by atoms with Crippen LogP contribution in [0.15, 0.2) is 127 Å². The van der Waals surface area contributed by atoms with Gasteiger partial charge in [-0.15, -0.1) is 20.5 Å². The molecule has 46 heavy (non-hydrogen) atoms. The van der Waals surface area contributed by atoms with Crippen LogP contribution in [0.1, 0.15) is 0 Å². The molecule has 0 aliphatic heterocycles. The number of nitrogen functional groups attached to an aromatic ring is 1. The normalized spacial score (nSPS) is 12.1. The van der Waals surface area contributed by atoms with Gasteiger partial charge in [-0.2, -0.15) is 0 Å². The predicted molar refractivity (Wildman–Crippen MR) is 162 cm³/mol. The molecule has 16 heteroatoms. The van der Waals surface area contributed by atoms with Crippen molar-refractivity contribution in [2.24, 2.45) is 20.5 Å². The molecule has 0 aliphatic rings. The number of phenols is 1. The third-order valence-electron chi connectivity index (χ3n) is 6.86. The maximum atomic E-state index is 12.1. The Morgan fingerprint density at radius 3 is 1.87 bits per heavy atom. The minimum atomic E-state index is -5.14. The van der Waals surface area contributed by atoms with Gasteiger partial charge in [-0.3, -0.25) is 0 Å². The second-order valence-corrected chi connectivity index (χ2v) is 12.4. The van der Waals surface area contributed by atoms with E-state index in [-0.39, 0.29) is 86.6 Å². The topological polar surface area (TPSA) is 210 Å². The van der Waals surface area contributed by atoms with Crippen molar-refractivity contribution >= 4 is 81.0 Å². The summed E-state index contributed by atoms with van der Waals surface area (Å²) in [6.45, 7) is 0. The fraction of sp³-hybridized carbons (Fsp3) is 0. The Morgan fingerprint density at radius 2 is 1.17 bits per heavy atom. The van der Waals surface area contributed by atoms with Gasteiger partial charge < -0.3 is 19.9 Å². The zero-order chi connectivity index (χ0) is 31.2. The number of rotatable bonds is 6. The van der Waals surface area contributed by atoms with Crippen molar-refractivity contribution in [1.29, 1.82) is 0 Å². The standard InChI is InChI=1S/C30H21N5O7S2.2Na/c31-19-8-10-22-18(14-19)15-28(44(40,41)42)29(30(22)36)35-34-27-13-12-26(23-11-9-20(16-24(23)27)43(37,38)39)33-32-25-7-3-5-17-4-1-2-6-21(17)25;;/h1-16,36H,31H2,(H,37,38,39)(H,40,41,42);;/q;2*+1/p-2. The van der Waals surface area contributed by atoms with Crippen LogP contribution in [-0.4, -0.2) is 31.0 Å². The van der Waals surface area contributed by atoms with Gasteiger partial charge in [0.05, 0.1) is 26.9 Å². The number of fused-ring (bicyclic) bond motifs is 3. The van der Waals surface area contributed by atoms with Crippen LogP contribution < -0.4 is 64.8 Å². The second kappa shape index (κ2) is 13.8. The summed E-state index contributed by atoms with van der Waals surface area (Å²) in [6, 6.07) is 24.9. The smallest absolute Gasteiger partial charge is 0.744 e. The van der Waals surface area contributed by atoms with E-state index in [1.54, 1.807) is 6.07 Å². The first-order chi connectivity index (χ1) is 20.9. The number of nitrogens with zero attached hydrogens (tertiary/aromatic N) is 4. The quantitative estimate of drug-likeness (QED) is 0.113. The molecule has 220 valence electrons. The second-order valence-electron chi connectivity index (χ2n) is 9.67. The molecule has 0 spiro atoms. The third kappa shape index (κ3) is 7.16. The Kier molecular flexibility index (Phi) is 10.7. The van der Waals surface area contributed by atoms with Gasteiger partial charge in [0.15, 0.2) is 5.75 Å². The van der Waals surface area contributed by atoms with Crippen LogP contribution in [0.2, 0.25) is 0 Å². The largest absolute Gasteiger partial charge is 1.00 e. The Morgan fingerprint density at radius 1 is 0.565 bits per heavy atom. The van der Waals surface area contributed by atoms with Crippen molar-refractivity contribution in [2.45, 2.75) is 9.79 Å². The number of anilines is 1. The molecule has 0 atom stereocenters. The molecule has 6 rings (SSSR count). The summed E-state index contributed by atoms with van der Waals surface area (Å²) >= 11 is 0. The zero-order valence-corrected chi connectivity index (χ0v) is 30.0. The van der Waals surface area contributed by atoms with Gasteiger partial charge in [0.25, 0.3) is 0 Å². The number of benzene rings is 6. The molecule has 6 aromatic rings. The van der Waals surface area contributed by atoms with Gasteiger partial charge in [-0.25, -0.2) is 16.8 Å². The Hall–Kier alpha value is -3.28. The first kappa shape index (κ1) is 35.6. The van der Waals surface area contributed by atoms with Gasteiger partial charge in [-0.05, 0) is 65.4 Å². The van der Waals surface area contributed by atoms with Crippen LogP contribution in [-0.2, 0) is 20.2 Å². The SMILES string of the molecule is Nc1ccc2c(O)c(N=Nc3ccc(N=Nc4cccc5ccccc45)c4ccc(S(=O)(=O)[O-])cc34)c(S(=O)(=O)[O-])cc2c1.[Na+].[Na+]. The zero-order valence-electron chi connectivity index (χ0n) is 24.3. The summed E-state index contributed by atoms with van der Waals surface area (Å²) < 4.78 is 71.8. The molecule has 12 nitrogen and oxygen atoms in total. The molecule has 0 heterocycles. The van der Waals surface area contributed by atoms with Gasteiger partial charge in [-0.1, -0.05) is 42.5 Å². The number of hydrogen-bond acceptors (Lipinski definition) is 12. The number of hydrogen-bond donors (Lipinski definition) is 2. The van der Waals surface area contributed by atoms with E-state index in [2.05, 4.69) is 20.5 Å². The average Bonchev–Trinajstić information content (AvgIpc) is 2.98. The predicted octanol–water partition coefficient (Wildman–Crippen LogP) is 1.08. The van der Waals surface area contributed by atoms with Crippen LogP contribution in [0.4, 0.5) is 28.4 Å². The van der Waals surface area contributed by atoms with E-state index in [9.17, 15) is 31.0 Å². The van der Waals surface area contributed by atoms with Crippen molar-refractivity contribution in [3.63, 3.8) is 0 Å². The van der Waals surface area contributed by atoms with Crippen LogP contribution in [0.5, 0.6) is 5.75 Å². The first-order valence-corrected chi connectivity index (χ1v) is 15.6. The van der Waals surface area contributed by atoms with Crippen LogP contribution in [0.25, 0.3) is 32.3 Å². The maximum absolute atomic E-state index is 12.1. The first-order valence-electron chi connectivity index (χ1n) is 12.8. The van der Waals surface area contributed by atoms with Crippen LogP contribution in [0.3, 0.4) is 0 Å². The molecule has 6 aromatic carbocycles. The van der Waals surface area contributed by atoms with Gasteiger partial charge in [0, 0.05) is 27.2 Å². The minimum Gasteiger partial charge on any atom is -0.744 e. The van der Waals surface area contributed by atoms with Gasteiger partial charge in [0.1, 0.15) is 25.9 Å². The maximum Gasteiger partial charge on any atom is 1.00 e. The average molecular weight is 672 g/mol. The molecule has 0 saturated heterocycles. The molecule has 0 fully saturated rings. The fourth-order valence-corrected chi connectivity index (χ4v) is 5.93. The third-order valence-corrected chi connectivity index (χ3v) is 8.55. The fourth-order valence-electron chi connectivity index (χ4n) is 4.79. The molecular formula is C30H19N5Na2O7S2. The summed E-state index contributed by atoms with van der Waals surface area (Å²) in [5.41, 5.74) is 6.28. The molecule has 0 bridgehead atoms. The minimum absolute atomic E-state index is 0. The number of azo groups is 2. The van der Waals surface area contributed by atoms with E-state index in [0.29, 0.717) is 16.8 Å². The van der Waals surface area contributed by atoms with Crippen LogP contribution >= 0.6 is 0 Å². The van der Waals surface area contributed by atoms with E-state index in [1.165, 1.54) is 36.4 Å². The molecule has 0 unspecified atom stereocenters. The van der Waals surface area contributed by atoms with E-state index in [1.807, 2.05) is 36.4 Å². The number of nitrogens with two attached hydrogens (primary N) is 1. The molecule has 0 radical (unpaired) electrons. The molecule has 0 amide bonds. The summed E-state index contributed by atoms with van der Waals surface area (Å²) in [6.07, 6.45) is 0. The Labute approximate surface area is 307 Å². The van der Waals surface area contributed by atoms with Crippen molar-refractivity contribution in [3.05, 3.63) is 97.1 Å². The molecule has 0 aromatic heterocycles. The van der Waals surface area contributed by atoms with E-state index in [0.717, 1.165) is 29.0 Å². The summed E-state index contributed by atoms with van der Waals surface area (Å²) in [5, 5.41) is 30.2. The summed E-state index contributed by atoms with van der Waals surface area (Å²) in [5.74, 6) is -0.631. The van der Waals surface area contributed by atoms with E-state index in [4.69, 9.17) is 5.73 Å². The summed E-state index contributed by atoms with van der Waals surface area (Å²) in [4.78, 5) is -1.40. The number of phenolic OH excluding ortho intramolecular Hbond substituents is 1. The van der Waals surface area contributed by atoms with Crippen molar-refractivity contribution < 1.29 is 90.2 Å². The Balaban J connectivity index is 0.00000240. The van der Waals surface area contributed by atoms with E-state index >= 15 is 0 Å². The van der Waals surface area contributed by atoms with E-state index < -0.39 is 41.5 Å². The van der Waals surface area contributed by atoms with Crippen LogP contribution in [0, 0.1) is 0 Å². The van der Waals surface area contributed by atoms with Crippen molar-refractivity contribution in [1.82, 2.24) is 0 Å². The van der Waals surface area contributed by atoms with Crippen molar-refractivity contribution in [2.75, 3.05) is 5.73 Å². The molecule has 0 saturated carbocycles. The molecule has 0 aliphatic carbocycles. The molecular weight excluding hydrogens is 652 g/mol. The monoisotopic (exact) mass is 671 g/mol. The van der Waals surface area contributed by atoms with Gasteiger partial charge in [0.2, 0.25) is 0 Å².